The number of rotatable bonds is 8. The fraction of sp³-hybridized carbons (Fsp3) is 0.789. The number of hydrogen-bond acceptors (Lipinski definition) is 6. The van der Waals surface area contributed by atoms with Crippen LogP contribution in [0, 0.1) is 17.3 Å². The minimum Gasteiger partial charge on any atom is -0.481 e. The number of nitrogens with one attached hydrogen (secondary N) is 1. The van der Waals surface area contributed by atoms with Crippen molar-refractivity contribution in [1.29, 1.82) is 0 Å². The number of nitrogens with two attached hydrogens (primary N) is 1. The Hall–Kier alpha value is -1.96. The Bertz CT molecular complexity index is 632. The lowest BCUT2D eigenvalue weighted by Crippen LogP contribution is -2.34. The van der Waals surface area contributed by atoms with Gasteiger partial charge in [-0.3, -0.25) is 15.0 Å². The van der Waals surface area contributed by atoms with Crippen LogP contribution in [0.4, 0.5) is 0 Å². The van der Waals surface area contributed by atoms with E-state index in [4.69, 9.17) is 10.4 Å². The van der Waals surface area contributed by atoms with Crippen LogP contribution in [-0.2, 0) is 4.79 Å². The lowest BCUT2D eigenvalue weighted by molar-refractivity contribution is -0.147. The summed E-state index contributed by atoms with van der Waals surface area (Å²) in [6.45, 7) is 5.68. The molecule has 8 heteroatoms. The van der Waals surface area contributed by atoms with Crippen molar-refractivity contribution in [2.24, 2.45) is 23.1 Å². The first-order valence-corrected chi connectivity index (χ1v) is 9.81. The van der Waals surface area contributed by atoms with E-state index in [0.29, 0.717) is 6.42 Å². The Balaban J connectivity index is 2.17. The van der Waals surface area contributed by atoms with Crippen LogP contribution < -0.4 is 11.3 Å². The highest BCUT2D eigenvalue weighted by Crippen LogP contribution is 2.41. The number of nitrogen functional groups attached to an aromatic ring is 1. The second-order valence-electron chi connectivity index (χ2n) is 8.65. The average molecular weight is 380 g/mol. The molecular formula is C19H32N4O4. The molecule has 2 atom stereocenters. The van der Waals surface area contributed by atoms with Crippen molar-refractivity contribution < 1.29 is 19.2 Å². The minimum atomic E-state index is -0.895. The summed E-state index contributed by atoms with van der Waals surface area (Å²) in [5, 5.41) is 13.5. The molecule has 1 unspecified atom stereocenters. The molecule has 27 heavy (non-hydrogen) atoms. The highest BCUT2D eigenvalue weighted by atomic mass is 16.5. The van der Waals surface area contributed by atoms with Gasteiger partial charge in [0.1, 0.15) is 0 Å². The van der Waals surface area contributed by atoms with Gasteiger partial charge in [0.2, 0.25) is 5.89 Å². The molecule has 1 fully saturated rings. The molecule has 1 aromatic heterocycles. The number of carbonyl (C=O) groups excluding carboxylic acids is 1. The fourth-order valence-corrected chi connectivity index (χ4v) is 4.22. The Morgan fingerprint density at radius 3 is 2.52 bits per heavy atom. The maximum atomic E-state index is 12.0. The summed E-state index contributed by atoms with van der Waals surface area (Å²) < 4.78 is 5.28. The molecule has 1 aliphatic rings. The Morgan fingerprint density at radius 2 is 1.96 bits per heavy atom. The monoisotopic (exact) mass is 380 g/mol. The third kappa shape index (κ3) is 5.76. The Labute approximate surface area is 160 Å². The molecule has 8 nitrogen and oxygen atoms in total. The zero-order valence-corrected chi connectivity index (χ0v) is 16.5. The van der Waals surface area contributed by atoms with Crippen molar-refractivity contribution >= 4 is 11.9 Å². The van der Waals surface area contributed by atoms with Gasteiger partial charge in [-0.15, -0.1) is 0 Å². The predicted molar refractivity (Wildman–Crippen MR) is 99.7 cm³/mol. The number of carboxylic acids is 1. The van der Waals surface area contributed by atoms with E-state index >= 15 is 0 Å². The second-order valence-corrected chi connectivity index (χ2v) is 8.65. The van der Waals surface area contributed by atoms with Gasteiger partial charge in [0.05, 0.1) is 11.8 Å². The summed E-state index contributed by atoms with van der Waals surface area (Å²) >= 11 is 0. The molecule has 152 valence electrons. The lowest BCUT2D eigenvalue weighted by atomic mass is 9.71. The number of amides is 1. The van der Waals surface area contributed by atoms with Gasteiger partial charge in [0.15, 0.2) is 0 Å². The zero-order valence-electron chi connectivity index (χ0n) is 16.5. The SMILES string of the molecule is CC(C)(C)C(C(=O)O)[C@@H](CCCC1CCCCC1)c1nc(C(=O)NN)no1. The zero-order chi connectivity index (χ0) is 20.0. The first-order chi connectivity index (χ1) is 12.7. The van der Waals surface area contributed by atoms with Crippen molar-refractivity contribution in [2.45, 2.75) is 78.1 Å². The number of hydrogen-bond donors (Lipinski definition) is 3. The highest BCUT2D eigenvalue weighted by molar-refractivity contribution is 5.89. The van der Waals surface area contributed by atoms with Gasteiger partial charge in [-0.25, -0.2) is 5.84 Å². The molecule has 1 aliphatic carbocycles. The van der Waals surface area contributed by atoms with Gasteiger partial charge in [-0.05, 0) is 17.8 Å². The fourth-order valence-electron chi connectivity index (χ4n) is 4.22. The summed E-state index contributed by atoms with van der Waals surface area (Å²) in [4.78, 5) is 27.8. The number of nitrogens with zero attached hydrogens (tertiary/aromatic N) is 2. The first kappa shape index (κ1) is 21.3. The molecule has 1 aromatic rings. The van der Waals surface area contributed by atoms with Crippen LogP contribution in [0.3, 0.4) is 0 Å². The van der Waals surface area contributed by atoms with Gasteiger partial charge in [0, 0.05) is 0 Å². The molecule has 4 N–H and O–H groups in total. The van der Waals surface area contributed by atoms with Crippen LogP contribution in [0.25, 0.3) is 0 Å². The molecule has 0 aliphatic heterocycles. The number of hydrazine groups is 1. The Morgan fingerprint density at radius 1 is 1.30 bits per heavy atom. The van der Waals surface area contributed by atoms with E-state index in [9.17, 15) is 14.7 Å². The second kappa shape index (κ2) is 9.30. The molecule has 0 bridgehead atoms. The molecule has 0 spiro atoms. The van der Waals surface area contributed by atoms with Crippen LogP contribution in [0.15, 0.2) is 4.52 Å². The third-order valence-electron chi connectivity index (χ3n) is 5.55. The largest absolute Gasteiger partial charge is 0.481 e. The molecular weight excluding hydrogens is 348 g/mol. The molecule has 1 amide bonds. The van der Waals surface area contributed by atoms with Crippen molar-refractivity contribution in [3.05, 3.63) is 11.7 Å². The number of aromatic nitrogens is 2. The van der Waals surface area contributed by atoms with E-state index in [-0.39, 0.29) is 11.7 Å². The smallest absolute Gasteiger partial charge is 0.307 e. The van der Waals surface area contributed by atoms with Crippen molar-refractivity contribution in [3.8, 4) is 0 Å². The summed E-state index contributed by atoms with van der Waals surface area (Å²) in [6.07, 6.45) is 9.02. The molecule has 0 radical (unpaired) electrons. The summed E-state index contributed by atoms with van der Waals surface area (Å²) in [6, 6.07) is 0. The van der Waals surface area contributed by atoms with E-state index < -0.39 is 29.1 Å². The van der Waals surface area contributed by atoms with Crippen LogP contribution in [-0.4, -0.2) is 27.1 Å². The number of aliphatic carboxylic acids is 1. The van der Waals surface area contributed by atoms with Crippen LogP contribution in [0.5, 0.6) is 0 Å². The predicted octanol–water partition coefficient (Wildman–Crippen LogP) is 3.25. The van der Waals surface area contributed by atoms with Gasteiger partial charge in [-0.1, -0.05) is 70.9 Å². The van der Waals surface area contributed by atoms with E-state index in [1.54, 1.807) is 0 Å². The minimum absolute atomic E-state index is 0.178. The van der Waals surface area contributed by atoms with Crippen molar-refractivity contribution in [3.63, 3.8) is 0 Å². The Kier molecular flexibility index (Phi) is 7.35. The highest BCUT2D eigenvalue weighted by Gasteiger charge is 2.41. The summed E-state index contributed by atoms with van der Waals surface area (Å²) in [5.41, 5.74) is 1.47. The lowest BCUT2D eigenvalue weighted by Gasteiger charge is -2.32. The quantitative estimate of drug-likeness (QED) is 0.358. The van der Waals surface area contributed by atoms with E-state index in [1.807, 2.05) is 26.2 Å². The maximum absolute atomic E-state index is 12.0. The summed E-state index contributed by atoms with van der Waals surface area (Å²) in [7, 11) is 0. The van der Waals surface area contributed by atoms with Gasteiger partial charge in [-0.2, -0.15) is 4.98 Å². The average Bonchev–Trinajstić information content (AvgIpc) is 3.09. The van der Waals surface area contributed by atoms with E-state index in [1.165, 1.54) is 32.1 Å². The summed E-state index contributed by atoms with van der Waals surface area (Å²) in [5.74, 6) is 3.15. The van der Waals surface area contributed by atoms with Gasteiger partial charge in [0.25, 0.3) is 5.82 Å². The van der Waals surface area contributed by atoms with Crippen molar-refractivity contribution in [2.75, 3.05) is 0 Å². The van der Waals surface area contributed by atoms with Crippen molar-refractivity contribution in [1.82, 2.24) is 15.6 Å². The van der Waals surface area contributed by atoms with E-state index in [2.05, 4.69) is 10.1 Å². The standard InChI is InChI=1S/C19H32N4O4/c1-19(2,3)14(18(25)26)13(11-7-10-12-8-5-4-6-9-12)17-21-15(23-27-17)16(24)22-20/h12-14H,4-11,20H2,1-3H3,(H,22,24)(H,25,26)/t13-,14?/m1/s1. The van der Waals surface area contributed by atoms with Gasteiger partial charge < -0.3 is 9.63 Å². The van der Waals surface area contributed by atoms with Crippen LogP contribution in [0.2, 0.25) is 0 Å². The third-order valence-corrected chi connectivity index (χ3v) is 5.55. The topological polar surface area (TPSA) is 131 Å². The molecule has 2 rings (SSSR count). The molecule has 1 heterocycles. The number of carbonyl (C=O) groups is 2. The first-order valence-electron chi connectivity index (χ1n) is 9.81. The van der Waals surface area contributed by atoms with Crippen LogP contribution in [0.1, 0.15) is 94.6 Å². The van der Waals surface area contributed by atoms with Gasteiger partial charge >= 0.3 is 11.9 Å². The maximum Gasteiger partial charge on any atom is 0.307 e. The molecule has 0 aromatic carbocycles. The number of carboxylic acid groups (broad SMARTS) is 1. The van der Waals surface area contributed by atoms with Crippen LogP contribution >= 0.6 is 0 Å². The normalized spacial score (nSPS) is 18.1. The van der Waals surface area contributed by atoms with E-state index in [0.717, 1.165) is 18.8 Å². The molecule has 1 saturated carbocycles. The molecule has 0 saturated heterocycles.